The largest absolute Gasteiger partial charge is 0.459 e. The van der Waals surface area contributed by atoms with Crippen molar-refractivity contribution in [2.45, 2.75) is 31.5 Å². The molecule has 0 bridgehead atoms. The molecule has 1 unspecified atom stereocenters. The molecule has 2 aromatic carbocycles. The molecule has 0 aromatic heterocycles. The van der Waals surface area contributed by atoms with Crippen LogP contribution < -0.4 is 11.1 Å². The number of carbonyl (C=O) groups is 3. The van der Waals surface area contributed by atoms with E-state index in [1.54, 1.807) is 29.2 Å². The van der Waals surface area contributed by atoms with Crippen LogP contribution in [0.25, 0.3) is 0 Å². The van der Waals surface area contributed by atoms with Crippen molar-refractivity contribution in [1.29, 1.82) is 0 Å². The molecule has 178 valence electrons. The number of ether oxygens (including phenoxy) is 2. The smallest absolute Gasteiger partial charge is 0.410 e. The maximum absolute atomic E-state index is 13.0. The molecule has 2 saturated heterocycles. The summed E-state index contributed by atoms with van der Waals surface area (Å²) in [5.41, 5.74) is 7.54. The van der Waals surface area contributed by atoms with Crippen LogP contribution in [-0.4, -0.2) is 64.7 Å². The van der Waals surface area contributed by atoms with Gasteiger partial charge in [0.1, 0.15) is 13.2 Å². The molecule has 0 spiro atoms. The van der Waals surface area contributed by atoms with Crippen LogP contribution in [0.1, 0.15) is 28.8 Å². The van der Waals surface area contributed by atoms with Gasteiger partial charge in [-0.25, -0.2) is 9.59 Å². The van der Waals surface area contributed by atoms with Gasteiger partial charge in [0, 0.05) is 30.4 Å². The second kappa shape index (κ2) is 10.5. The number of nitrogens with two attached hydrogens (primary N) is 1. The van der Waals surface area contributed by atoms with Gasteiger partial charge in [-0.05, 0) is 48.8 Å². The summed E-state index contributed by atoms with van der Waals surface area (Å²) in [4.78, 5) is 41.3. The summed E-state index contributed by atoms with van der Waals surface area (Å²) in [5.74, 6) is -0.608. The molecule has 4 rings (SSSR count). The standard InChI is InChI=1S/C24H26N4O5S/c25-23(34)26-18-8-4-7-17(13-18)21(29)27-11-9-19(10-12-27)28-20(15-33-24(28)31)22(30)32-14-16-5-2-1-3-6-16/h1-8,13,19-20H,9-12,14-15H2,(H3,25,26,34). The number of piperidine rings is 1. The maximum atomic E-state index is 13.0. The Morgan fingerprint density at radius 3 is 2.56 bits per heavy atom. The molecular formula is C24H26N4O5S. The lowest BCUT2D eigenvalue weighted by atomic mass is 10.0. The van der Waals surface area contributed by atoms with Crippen LogP contribution in [0.15, 0.2) is 54.6 Å². The van der Waals surface area contributed by atoms with Gasteiger partial charge in [-0.2, -0.15) is 0 Å². The number of rotatable bonds is 6. The molecule has 0 radical (unpaired) electrons. The van der Waals surface area contributed by atoms with Crippen molar-refractivity contribution in [1.82, 2.24) is 9.80 Å². The fraction of sp³-hybridized carbons (Fsp3) is 0.333. The summed E-state index contributed by atoms with van der Waals surface area (Å²) in [6.07, 6.45) is 0.547. The second-order valence-corrected chi connectivity index (χ2v) is 8.63. The Bertz CT molecular complexity index is 1070. The van der Waals surface area contributed by atoms with Crippen molar-refractivity contribution < 1.29 is 23.9 Å². The van der Waals surface area contributed by atoms with Crippen molar-refractivity contribution >= 4 is 41.0 Å². The Labute approximate surface area is 202 Å². The minimum Gasteiger partial charge on any atom is -0.459 e. The highest BCUT2D eigenvalue weighted by Gasteiger charge is 2.44. The third-order valence-corrected chi connectivity index (χ3v) is 6.03. The van der Waals surface area contributed by atoms with E-state index in [-0.39, 0.29) is 30.3 Å². The van der Waals surface area contributed by atoms with Crippen molar-refractivity contribution in [2.75, 3.05) is 25.0 Å². The van der Waals surface area contributed by atoms with E-state index in [0.29, 0.717) is 37.2 Å². The first-order valence-corrected chi connectivity index (χ1v) is 11.4. The molecule has 2 heterocycles. The van der Waals surface area contributed by atoms with Crippen LogP contribution in [0, 0.1) is 0 Å². The first-order valence-electron chi connectivity index (χ1n) is 11.0. The second-order valence-electron chi connectivity index (χ2n) is 8.19. The number of hydrogen-bond donors (Lipinski definition) is 2. The van der Waals surface area contributed by atoms with Gasteiger partial charge in [-0.15, -0.1) is 0 Å². The number of anilines is 1. The van der Waals surface area contributed by atoms with Gasteiger partial charge in [0.05, 0.1) is 0 Å². The first-order chi connectivity index (χ1) is 16.4. The highest BCUT2D eigenvalue weighted by Crippen LogP contribution is 2.26. The fourth-order valence-electron chi connectivity index (χ4n) is 4.24. The number of nitrogens with one attached hydrogen (secondary N) is 1. The Kier molecular flexibility index (Phi) is 7.27. The fourth-order valence-corrected chi connectivity index (χ4v) is 4.36. The number of benzene rings is 2. The molecule has 3 N–H and O–H groups in total. The van der Waals surface area contributed by atoms with Crippen LogP contribution in [0.4, 0.5) is 10.5 Å². The Morgan fingerprint density at radius 1 is 1.12 bits per heavy atom. The van der Waals surface area contributed by atoms with Crippen LogP contribution in [0.2, 0.25) is 0 Å². The molecule has 34 heavy (non-hydrogen) atoms. The van der Waals surface area contributed by atoms with Crippen molar-refractivity contribution in [2.24, 2.45) is 5.73 Å². The van der Waals surface area contributed by atoms with E-state index in [4.69, 9.17) is 27.4 Å². The van der Waals surface area contributed by atoms with E-state index in [0.717, 1.165) is 5.56 Å². The van der Waals surface area contributed by atoms with Gasteiger partial charge in [0.2, 0.25) is 0 Å². The molecular weight excluding hydrogens is 456 g/mol. The summed E-state index contributed by atoms with van der Waals surface area (Å²) in [5, 5.41) is 2.95. The highest BCUT2D eigenvalue weighted by molar-refractivity contribution is 7.80. The third kappa shape index (κ3) is 5.45. The SMILES string of the molecule is NC(=S)Nc1cccc(C(=O)N2CCC(N3C(=O)OCC3C(=O)OCc3ccccc3)CC2)c1. The lowest BCUT2D eigenvalue weighted by molar-refractivity contribution is -0.150. The van der Waals surface area contributed by atoms with Crippen molar-refractivity contribution in [3.05, 3.63) is 65.7 Å². The van der Waals surface area contributed by atoms with Crippen LogP contribution in [0.5, 0.6) is 0 Å². The molecule has 9 nitrogen and oxygen atoms in total. The molecule has 10 heteroatoms. The molecule has 0 aliphatic carbocycles. The van der Waals surface area contributed by atoms with E-state index < -0.39 is 18.1 Å². The average Bonchev–Trinajstić information content (AvgIpc) is 3.24. The molecule has 2 aliphatic heterocycles. The number of carbonyl (C=O) groups excluding carboxylic acids is 3. The first kappa shape index (κ1) is 23.5. The van der Waals surface area contributed by atoms with Gasteiger partial charge in [-0.1, -0.05) is 36.4 Å². The number of thiocarbonyl (C=S) groups is 1. The number of cyclic esters (lactones) is 1. The third-order valence-electron chi connectivity index (χ3n) is 5.93. The topological polar surface area (TPSA) is 114 Å². The summed E-state index contributed by atoms with van der Waals surface area (Å²) in [6, 6.07) is 15.3. The predicted octanol–water partition coefficient (Wildman–Crippen LogP) is 2.51. The summed E-state index contributed by atoms with van der Waals surface area (Å²) in [6.45, 7) is 1.00. The van der Waals surface area contributed by atoms with Gasteiger partial charge in [-0.3, -0.25) is 9.69 Å². The Morgan fingerprint density at radius 2 is 1.85 bits per heavy atom. The van der Waals surface area contributed by atoms with E-state index in [2.05, 4.69) is 5.32 Å². The van der Waals surface area contributed by atoms with Crippen LogP contribution in [-0.2, 0) is 20.9 Å². The molecule has 2 aliphatic rings. The Balaban J connectivity index is 1.35. The minimum atomic E-state index is -0.786. The zero-order valence-corrected chi connectivity index (χ0v) is 19.3. The van der Waals surface area contributed by atoms with E-state index in [1.165, 1.54) is 4.90 Å². The van der Waals surface area contributed by atoms with Crippen molar-refractivity contribution in [3.63, 3.8) is 0 Å². The summed E-state index contributed by atoms with van der Waals surface area (Å²) in [7, 11) is 0. The molecule has 1 atom stereocenters. The number of hydrogen-bond acceptors (Lipinski definition) is 6. The van der Waals surface area contributed by atoms with E-state index >= 15 is 0 Å². The molecule has 2 fully saturated rings. The van der Waals surface area contributed by atoms with E-state index in [9.17, 15) is 14.4 Å². The van der Waals surface area contributed by atoms with Gasteiger partial charge in [0.15, 0.2) is 11.2 Å². The van der Waals surface area contributed by atoms with Gasteiger partial charge < -0.3 is 25.4 Å². The molecule has 0 saturated carbocycles. The lowest BCUT2D eigenvalue weighted by Gasteiger charge is -2.37. The maximum Gasteiger partial charge on any atom is 0.410 e. The zero-order valence-electron chi connectivity index (χ0n) is 18.5. The molecule has 2 amide bonds. The summed E-state index contributed by atoms with van der Waals surface area (Å²) >= 11 is 4.85. The average molecular weight is 483 g/mol. The highest BCUT2D eigenvalue weighted by atomic mass is 32.1. The van der Waals surface area contributed by atoms with Crippen LogP contribution in [0.3, 0.4) is 0 Å². The minimum absolute atomic E-state index is 0.0333. The number of amides is 2. The number of esters is 1. The summed E-state index contributed by atoms with van der Waals surface area (Å²) < 4.78 is 10.6. The van der Waals surface area contributed by atoms with Gasteiger partial charge in [0.25, 0.3) is 5.91 Å². The monoisotopic (exact) mass is 482 g/mol. The zero-order chi connectivity index (χ0) is 24.1. The predicted molar refractivity (Wildman–Crippen MR) is 129 cm³/mol. The van der Waals surface area contributed by atoms with E-state index in [1.807, 2.05) is 30.3 Å². The Hall–Kier alpha value is -3.66. The number of likely N-dealkylation sites (tertiary alicyclic amines) is 1. The van der Waals surface area contributed by atoms with Crippen molar-refractivity contribution in [3.8, 4) is 0 Å². The van der Waals surface area contributed by atoms with Gasteiger partial charge >= 0.3 is 12.1 Å². The molecule has 2 aromatic rings. The lowest BCUT2D eigenvalue weighted by Crippen LogP contribution is -2.52. The number of nitrogens with zero attached hydrogens (tertiary/aromatic N) is 2. The normalized spacial score (nSPS) is 18.4. The van der Waals surface area contributed by atoms with Crippen LogP contribution >= 0.6 is 12.2 Å². The quantitative estimate of drug-likeness (QED) is 0.477.